The molecule has 0 aliphatic heterocycles. The third kappa shape index (κ3) is 13.5. The molecule has 0 fully saturated rings. The third-order valence-corrected chi connectivity index (χ3v) is 5.58. The molecular formula is C27H42N2O4. The Morgan fingerprint density at radius 3 is 1.85 bits per heavy atom. The van der Waals surface area contributed by atoms with E-state index in [2.05, 4.69) is 19.1 Å². The molecule has 3 amide bonds. The molecule has 0 aliphatic carbocycles. The number of nitrogens with two attached hydrogens (primary N) is 1. The van der Waals surface area contributed by atoms with E-state index in [0.29, 0.717) is 12.1 Å². The van der Waals surface area contributed by atoms with Crippen LogP contribution >= 0.6 is 0 Å². The number of phenolic OH excluding ortho intramolecular Hbond substituents is 1. The SMILES string of the molecule is CCCCCCCCC=CCCCCCCCC(=O)N(C(=O)CC(N)=O)c1ccc(O)cc1. The monoisotopic (exact) mass is 458 g/mol. The zero-order valence-corrected chi connectivity index (χ0v) is 20.3. The highest BCUT2D eigenvalue weighted by molar-refractivity contribution is 6.18. The summed E-state index contributed by atoms with van der Waals surface area (Å²) < 4.78 is 0. The number of imide groups is 1. The van der Waals surface area contributed by atoms with Crippen LogP contribution in [0.15, 0.2) is 36.4 Å². The van der Waals surface area contributed by atoms with E-state index in [-0.39, 0.29) is 18.1 Å². The van der Waals surface area contributed by atoms with Gasteiger partial charge in [-0.3, -0.25) is 19.3 Å². The number of anilines is 1. The minimum atomic E-state index is -0.780. The lowest BCUT2D eigenvalue weighted by Crippen LogP contribution is -2.39. The maximum Gasteiger partial charge on any atom is 0.243 e. The van der Waals surface area contributed by atoms with Crippen molar-refractivity contribution in [2.75, 3.05) is 4.90 Å². The first-order chi connectivity index (χ1) is 16.0. The molecule has 1 aromatic carbocycles. The Hall–Kier alpha value is -2.63. The van der Waals surface area contributed by atoms with Crippen LogP contribution in [0, 0.1) is 0 Å². The summed E-state index contributed by atoms with van der Waals surface area (Å²) in [5.74, 6) is -1.75. The van der Waals surface area contributed by atoms with Crippen LogP contribution in [0.4, 0.5) is 5.69 Å². The van der Waals surface area contributed by atoms with Gasteiger partial charge in [-0.15, -0.1) is 0 Å². The molecule has 0 spiro atoms. The predicted octanol–water partition coefficient (Wildman–Crippen LogP) is 6.16. The Morgan fingerprint density at radius 2 is 1.30 bits per heavy atom. The fourth-order valence-corrected chi connectivity index (χ4v) is 3.72. The number of primary amides is 1. The van der Waals surface area contributed by atoms with Gasteiger partial charge in [-0.2, -0.15) is 0 Å². The second kappa shape index (κ2) is 17.9. The molecule has 6 heteroatoms. The summed E-state index contributed by atoms with van der Waals surface area (Å²) in [6.45, 7) is 2.24. The number of phenols is 1. The number of hydrogen-bond acceptors (Lipinski definition) is 4. The average molecular weight is 459 g/mol. The van der Waals surface area contributed by atoms with Crippen molar-refractivity contribution < 1.29 is 19.5 Å². The molecule has 6 nitrogen and oxygen atoms in total. The second-order valence-electron chi connectivity index (χ2n) is 8.62. The van der Waals surface area contributed by atoms with E-state index in [9.17, 15) is 19.5 Å². The number of unbranched alkanes of at least 4 members (excludes halogenated alkanes) is 11. The van der Waals surface area contributed by atoms with Crippen molar-refractivity contribution >= 4 is 23.4 Å². The molecule has 184 valence electrons. The fourth-order valence-electron chi connectivity index (χ4n) is 3.72. The molecule has 0 bridgehead atoms. The van der Waals surface area contributed by atoms with E-state index < -0.39 is 18.2 Å². The van der Waals surface area contributed by atoms with Crippen molar-refractivity contribution in [3.63, 3.8) is 0 Å². The van der Waals surface area contributed by atoms with Gasteiger partial charge in [0.05, 0.1) is 5.69 Å². The van der Waals surface area contributed by atoms with E-state index in [0.717, 1.165) is 37.0 Å². The highest BCUT2D eigenvalue weighted by Crippen LogP contribution is 2.21. The molecular weight excluding hydrogens is 416 g/mol. The Bertz CT molecular complexity index is 728. The van der Waals surface area contributed by atoms with E-state index >= 15 is 0 Å². The van der Waals surface area contributed by atoms with E-state index in [1.54, 1.807) is 0 Å². The lowest BCUT2D eigenvalue weighted by atomic mass is 10.1. The normalized spacial score (nSPS) is 11.1. The zero-order valence-electron chi connectivity index (χ0n) is 20.3. The maximum absolute atomic E-state index is 12.7. The number of carbonyl (C=O) groups excluding carboxylic acids is 3. The molecule has 0 heterocycles. The molecule has 3 N–H and O–H groups in total. The standard InChI is InChI=1S/C27H42N2O4/c1-2-3-4-5-6-7-8-9-10-11-12-13-14-15-16-17-26(32)29(27(33)22-25(28)31)23-18-20-24(30)21-19-23/h9-10,18-21,30H,2-8,11-17,22H2,1H3,(H2,28,31). The van der Waals surface area contributed by atoms with Gasteiger partial charge in [0.15, 0.2) is 0 Å². The number of benzene rings is 1. The fraction of sp³-hybridized carbons (Fsp3) is 0.593. The third-order valence-electron chi connectivity index (χ3n) is 5.58. The summed E-state index contributed by atoms with van der Waals surface area (Å²) in [5.41, 5.74) is 5.46. The van der Waals surface area contributed by atoms with Crippen LogP contribution in [-0.4, -0.2) is 22.8 Å². The van der Waals surface area contributed by atoms with Crippen LogP contribution in [-0.2, 0) is 14.4 Å². The Morgan fingerprint density at radius 1 is 0.788 bits per heavy atom. The Labute approximate surface area is 199 Å². The molecule has 0 atom stereocenters. The summed E-state index contributed by atoms with van der Waals surface area (Å²) in [6, 6.07) is 5.75. The molecule has 1 rings (SSSR count). The zero-order chi connectivity index (χ0) is 24.3. The molecule has 0 aromatic heterocycles. The van der Waals surface area contributed by atoms with E-state index in [1.807, 2.05) is 0 Å². The van der Waals surface area contributed by atoms with Gasteiger partial charge in [0, 0.05) is 6.42 Å². The number of aromatic hydroxyl groups is 1. The highest BCUT2D eigenvalue weighted by Gasteiger charge is 2.24. The molecule has 0 saturated carbocycles. The van der Waals surface area contributed by atoms with E-state index in [4.69, 9.17) is 5.73 Å². The van der Waals surface area contributed by atoms with Gasteiger partial charge in [-0.05, 0) is 56.4 Å². The van der Waals surface area contributed by atoms with E-state index in [1.165, 1.54) is 69.2 Å². The summed E-state index contributed by atoms with van der Waals surface area (Å²) in [5, 5.41) is 9.45. The summed E-state index contributed by atoms with van der Waals surface area (Å²) in [7, 11) is 0. The largest absolute Gasteiger partial charge is 0.508 e. The molecule has 0 aliphatic rings. The first-order valence-electron chi connectivity index (χ1n) is 12.5. The lowest BCUT2D eigenvalue weighted by molar-refractivity contribution is -0.129. The second-order valence-corrected chi connectivity index (χ2v) is 8.62. The number of hydrogen-bond donors (Lipinski definition) is 2. The minimum Gasteiger partial charge on any atom is -0.508 e. The van der Waals surface area contributed by atoms with Gasteiger partial charge < -0.3 is 10.8 Å². The molecule has 0 radical (unpaired) electrons. The number of rotatable bonds is 18. The van der Waals surface area contributed by atoms with Crippen molar-refractivity contribution in [2.45, 2.75) is 103 Å². The highest BCUT2D eigenvalue weighted by atomic mass is 16.3. The quantitative estimate of drug-likeness (QED) is 0.156. The van der Waals surface area contributed by atoms with Crippen molar-refractivity contribution in [2.24, 2.45) is 5.73 Å². The van der Waals surface area contributed by atoms with Crippen molar-refractivity contribution in [3.8, 4) is 5.75 Å². The van der Waals surface area contributed by atoms with Crippen LogP contribution in [0.25, 0.3) is 0 Å². The summed E-state index contributed by atoms with van der Waals surface area (Å²) in [4.78, 5) is 37.2. The van der Waals surface area contributed by atoms with Gasteiger partial charge in [-0.25, -0.2) is 0 Å². The minimum absolute atomic E-state index is 0.0331. The van der Waals surface area contributed by atoms with Crippen LogP contribution < -0.4 is 10.6 Å². The first-order valence-corrected chi connectivity index (χ1v) is 12.5. The smallest absolute Gasteiger partial charge is 0.243 e. The Kier molecular flexibility index (Phi) is 15.4. The topological polar surface area (TPSA) is 101 Å². The van der Waals surface area contributed by atoms with Crippen LogP contribution in [0.5, 0.6) is 5.75 Å². The van der Waals surface area contributed by atoms with Crippen LogP contribution in [0.1, 0.15) is 103 Å². The first kappa shape index (κ1) is 28.4. The number of nitrogens with zero attached hydrogens (tertiary/aromatic N) is 1. The van der Waals surface area contributed by atoms with Crippen molar-refractivity contribution in [1.29, 1.82) is 0 Å². The van der Waals surface area contributed by atoms with Gasteiger partial charge >= 0.3 is 0 Å². The molecule has 0 unspecified atom stereocenters. The van der Waals surface area contributed by atoms with Crippen molar-refractivity contribution in [1.82, 2.24) is 0 Å². The molecule has 1 aromatic rings. The maximum atomic E-state index is 12.7. The lowest BCUT2D eigenvalue weighted by Gasteiger charge is -2.20. The van der Waals surface area contributed by atoms with Crippen molar-refractivity contribution in [3.05, 3.63) is 36.4 Å². The van der Waals surface area contributed by atoms with Gasteiger partial charge in [-0.1, -0.05) is 70.4 Å². The number of amides is 3. The average Bonchev–Trinajstić information content (AvgIpc) is 2.77. The predicted molar refractivity (Wildman–Crippen MR) is 134 cm³/mol. The van der Waals surface area contributed by atoms with Crippen LogP contribution in [0.3, 0.4) is 0 Å². The van der Waals surface area contributed by atoms with Crippen LogP contribution in [0.2, 0.25) is 0 Å². The Balaban J connectivity index is 2.23. The summed E-state index contributed by atoms with van der Waals surface area (Å²) >= 11 is 0. The number of allylic oxidation sites excluding steroid dienone is 2. The number of carbonyl (C=O) groups is 3. The van der Waals surface area contributed by atoms with Gasteiger partial charge in [0.25, 0.3) is 0 Å². The molecule has 33 heavy (non-hydrogen) atoms. The van der Waals surface area contributed by atoms with Gasteiger partial charge in [0.2, 0.25) is 17.7 Å². The van der Waals surface area contributed by atoms with Gasteiger partial charge in [0.1, 0.15) is 12.2 Å². The summed E-state index contributed by atoms with van der Waals surface area (Å²) in [6.07, 6.45) is 19.5. The molecule has 0 saturated heterocycles.